The minimum absolute atomic E-state index is 0.117. The Morgan fingerprint density at radius 1 is 0.821 bits per heavy atom. The van der Waals surface area contributed by atoms with Crippen LogP contribution in [0.2, 0.25) is 0 Å². The van der Waals surface area contributed by atoms with Crippen molar-refractivity contribution >= 4 is 17.3 Å². The van der Waals surface area contributed by atoms with Gasteiger partial charge in [-0.1, -0.05) is 30.3 Å². The van der Waals surface area contributed by atoms with Crippen LogP contribution in [0.4, 0.5) is 11.4 Å². The summed E-state index contributed by atoms with van der Waals surface area (Å²) in [5, 5.41) is 5.94. The summed E-state index contributed by atoms with van der Waals surface area (Å²) in [5.74, 6) is 1.44. The lowest BCUT2D eigenvalue weighted by Gasteiger charge is -2.10. The van der Waals surface area contributed by atoms with E-state index in [1.165, 1.54) is 5.56 Å². The van der Waals surface area contributed by atoms with Crippen LogP contribution in [0.15, 0.2) is 78.9 Å². The fraction of sp³-hybridized carbons (Fsp3) is 0.174. The molecule has 0 radical (unpaired) electrons. The van der Waals surface area contributed by atoms with Crippen molar-refractivity contribution in [2.24, 2.45) is 0 Å². The van der Waals surface area contributed by atoms with Gasteiger partial charge in [-0.25, -0.2) is 0 Å². The molecule has 3 aromatic rings. The van der Waals surface area contributed by atoms with Crippen molar-refractivity contribution in [2.75, 3.05) is 30.9 Å². The molecule has 2 N–H and O–H groups in total. The Morgan fingerprint density at radius 3 is 2.14 bits per heavy atom. The summed E-state index contributed by atoms with van der Waals surface area (Å²) in [5.41, 5.74) is 2.84. The highest BCUT2D eigenvalue weighted by molar-refractivity contribution is 5.93. The van der Waals surface area contributed by atoms with Gasteiger partial charge in [-0.2, -0.15) is 0 Å². The van der Waals surface area contributed by atoms with Gasteiger partial charge in [0.1, 0.15) is 11.5 Å². The molecule has 0 bridgehead atoms. The molecule has 0 aliphatic rings. The normalized spacial score (nSPS) is 10.2. The quantitative estimate of drug-likeness (QED) is 0.582. The second kappa shape index (κ2) is 10.0. The number of carbonyl (C=O) groups is 1. The third-order valence-corrected chi connectivity index (χ3v) is 4.18. The van der Waals surface area contributed by atoms with Gasteiger partial charge in [-0.05, 0) is 54.1 Å². The number of carbonyl (C=O) groups excluding carboxylic acids is 1. The standard InChI is InChI=1S/C23H24N2O3/c1-27-21-11-7-19(8-12-21)24-17-23(26)25-20-9-13-22(14-10-20)28-16-15-18-5-3-2-4-6-18/h2-14,24H,15-17H2,1H3,(H,25,26). The lowest BCUT2D eigenvalue weighted by atomic mass is 10.2. The van der Waals surface area contributed by atoms with Crippen LogP contribution in [0.3, 0.4) is 0 Å². The van der Waals surface area contributed by atoms with Gasteiger partial charge >= 0.3 is 0 Å². The van der Waals surface area contributed by atoms with Crippen molar-refractivity contribution in [2.45, 2.75) is 6.42 Å². The van der Waals surface area contributed by atoms with E-state index in [0.29, 0.717) is 6.61 Å². The first-order valence-corrected chi connectivity index (χ1v) is 9.17. The first-order valence-electron chi connectivity index (χ1n) is 9.17. The number of ether oxygens (including phenoxy) is 2. The smallest absolute Gasteiger partial charge is 0.243 e. The molecular weight excluding hydrogens is 352 g/mol. The number of benzene rings is 3. The van der Waals surface area contributed by atoms with Gasteiger partial charge in [-0.15, -0.1) is 0 Å². The third-order valence-electron chi connectivity index (χ3n) is 4.18. The van der Waals surface area contributed by atoms with Gasteiger partial charge < -0.3 is 20.1 Å². The summed E-state index contributed by atoms with van der Waals surface area (Å²) in [7, 11) is 1.62. The highest BCUT2D eigenvalue weighted by Crippen LogP contribution is 2.17. The van der Waals surface area contributed by atoms with Crippen LogP contribution in [-0.4, -0.2) is 26.2 Å². The Balaban J connectivity index is 1.40. The number of methoxy groups -OCH3 is 1. The molecule has 0 unspecified atom stereocenters. The van der Waals surface area contributed by atoms with Gasteiger partial charge in [-0.3, -0.25) is 4.79 Å². The highest BCUT2D eigenvalue weighted by atomic mass is 16.5. The van der Waals surface area contributed by atoms with Gasteiger partial charge in [0.25, 0.3) is 0 Å². The molecule has 5 heteroatoms. The summed E-state index contributed by atoms with van der Waals surface area (Å²) in [6.07, 6.45) is 0.857. The number of hydrogen-bond acceptors (Lipinski definition) is 4. The van der Waals surface area contributed by atoms with E-state index in [-0.39, 0.29) is 12.5 Å². The van der Waals surface area contributed by atoms with Crippen LogP contribution in [0.5, 0.6) is 11.5 Å². The van der Waals surface area contributed by atoms with E-state index in [0.717, 1.165) is 29.3 Å². The second-order valence-corrected chi connectivity index (χ2v) is 6.24. The predicted molar refractivity (Wildman–Crippen MR) is 112 cm³/mol. The van der Waals surface area contributed by atoms with Crippen molar-refractivity contribution in [1.82, 2.24) is 0 Å². The van der Waals surface area contributed by atoms with E-state index in [1.54, 1.807) is 7.11 Å². The Labute approximate surface area is 165 Å². The summed E-state index contributed by atoms with van der Waals surface area (Å²) in [4.78, 5) is 12.1. The van der Waals surface area contributed by atoms with Crippen LogP contribution in [0.25, 0.3) is 0 Å². The zero-order valence-corrected chi connectivity index (χ0v) is 15.9. The van der Waals surface area contributed by atoms with Crippen LogP contribution in [-0.2, 0) is 11.2 Å². The minimum Gasteiger partial charge on any atom is -0.497 e. The lowest BCUT2D eigenvalue weighted by molar-refractivity contribution is -0.114. The molecule has 3 rings (SSSR count). The number of amides is 1. The summed E-state index contributed by atoms with van der Waals surface area (Å²) < 4.78 is 10.9. The van der Waals surface area contributed by atoms with E-state index in [1.807, 2.05) is 66.7 Å². The average Bonchev–Trinajstić information content (AvgIpc) is 2.75. The van der Waals surface area contributed by atoms with Crippen LogP contribution in [0, 0.1) is 0 Å². The lowest BCUT2D eigenvalue weighted by Crippen LogP contribution is -2.21. The van der Waals surface area contributed by atoms with Gasteiger partial charge in [0.05, 0.1) is 20.3 Å². The maximum Gasteiger partial charge on any atom is 0.243 e. The van der Waals surface area contributed by atoms with E-state index in [2.05, 4.69) is 22.8 Å². The largest absolute Gasteiger partial charge is 0.497 e. The van der Waals surface area contributed by atoms with E-state index >= 15 is 0 Å². The van der Waals surface area contributed by atoms with Crippen LogP contribution < -0.4 is 20.1 Å². The molecule has 0 saturated heterocycles. The van der Waals surface area contributed by atoms with Crippen molar-refractivity contribution in [3.05, 3.63) is 84.4 Å². The molecule has 1 amide bonds. The van der Waals surface area contributed by atoms with Crippen molar-refractivity contribution in [3.63, 3.8) is 0 Å². The zero-order valence-electron chi connectivity index (χ0n) is 15.9. The Hall–Kier alpha value is -3.47. The van der Waals surface area contributed by atoms with E-state index < -0.39 is 0 Å². The maximum atomic E-state index is 12.1. The van der Waals surface area contributed by atoms with Gasteiger partial charge in [0.15, 0.2) is 0 Å². The number of nitrogens with one attached hydrogen (secondary N) is 2. The molecule has 3 aromatic carbocycles. The van der Waals surface area contributed by atoms with Gasteiger partial charge in [0, 0.05) is 17.8 Å². The first-order chi connectivity index (χ1) is 13.7. The molecule has 0 atom stereocenters. The van der Waals surface area contributed by atoms with Crippen LogP contribution >= 0.6 is 0 Å². The number of anilines is 2. The molecule has 28 heavy (non-hydrogen) atoms. The van der Waals surface area contributed by atoms with Crippen molar-refractivity contribution in [1.29, 1.82) is 0 Å². The molecule has 0 aliphatic heterocycles. The zero-order chi connectivity index (χ0) is 19.6. The maximum absolute atomic E-state index is 12.1. The van der Waals surface area contributed by atoms with Gasteiger partial charge in [0.2, 0.25) is 5.91 Å². The molecule has 0 saturated carbocycles. The summed E-state index contributed by atoms with van der Waals surface area (Å²) in [6.45, 7) is 0.795. The molecule has 0 aliphatic carbocycles. The third kappa shape index (κ3) is 6.06. The van der Waals surface area contributed by atoms with E-state index in [9.17, 15) is 4.79 Å². The molecule has 0 heterocycles. The molecule has 0 aromatic heterocycles. The minimum atomic E-state index is -0.117. The summed E-state index contributed by atoms with van der Waals surface area (Å²) >= 11 is 0. The number of hydrogen-bond donors (Lipinski definition) is 2. The van der Waals surface area contributed by atoms with Crippen molar-refractivity contribution in [3.8, 4) is 11.5 Å². The Bertz CT molecular complexity index is 863. The molecule has 5 nitrogen and oxygen atoms in total. The Kier molecular flexibility index (Phi) is 6.90. The predicted octanol–water partition coefficient (Wildman–Crippen LogP) is 4.37. The summed E-state index contributed by atoms with van der Waals surface area (Å²) in [6, 6.07) is 25.0. The second-order valence-electron chi connectivity index (χ2n) is 6.24. The highest BCUT2D eigenvalue weighted by Gasteiger charge is 2.03. The monoisotopic (exact) mass is 376 g/mol. The molecular formula is C23H24N2O3. The molecule has 0 fully saturated rings. The average molecular weight is 376 g/mol. The number of rotatable bonds is 9. The fourth-order valence-electron chi connectivity index (χ4n) is 2.66. The molecule has 0 spiro atoms. The fourth-order valence-corrected chi connectivity index (χ4v) is 2.66. The van der Waals surface area contributed by atoms with Crippen LogP contribution in [0.1, 0.15) is 5.56 Å². The van der Waals surface area contributed by atoms with Crippen molar-refractivity contribution < 1.29 is 14.3 Å². The Morgan fingerprint density at radius 2 is 1.46 bits per heavy atom. The van der Waals surface area contributed by atoms with E-state index in [4.69, 9.17) is 9.47 Å². The first kappa shape index (κ1) is 19.3. The SMILES string of the molecule is COc1ccc(NCC(=O)Nc2ccc(OCCc3ccccc3)cc2)cc1. The molecule has 144 valence electrons. The topological polar surface area (TPSA) is 59.6 Å².